The number of Topliss-reactive ketones (excluding diaryl/α,β-unsaturated/α-hetero) is 1. The lowest BCUT2D eigenvalue weighted by atomic mass is 10.2. The van der Waals surface area contributed by atoms with Crippen molar-refractivity contribution in [3.63, 3.8) is 0 Å². The number of nitrogens with two attached hydrogens (primary N) is 1. The van der Waals surface area contributed by atoms with Crippen molar-refractivity contribution in [3.8, 4) is 0 Å². The molecule has 0 fully saturated rings. The van der Waals surface area contributed by atoms with Gasteiger partial charge in [0, 0.05) is 12.1 Å². The largest absolute Gasteiger partial charge is 0.369 e. The number of hydrogen-bond donors (Lipinski definition) is 1. The van der Waals surface area contributed by atoms with E-state index in [4.69, 9.17) is 5.73 Å². The molecule has 2 heterocycles. The van der Waals surface area contributed by atoms with Gasteiger partial charge < -0.3 is 10.3 Å². The summed E-state index contributed by atoms with van der Waals surface area (Å²) in [5.41, 5.74) is 6.23. The SMILES string of the molecule is Nc1nc2cc(F)c(F)cc2n1CC(=O)c1cccs1. The fraction of sp³-hybridized carbons (Fsp3) is 0.0769. The predicted octanol–water partition coefficient (Wildman–Crippen LogP) is 2.84. The molecule has 3 rings (SSSR count). The minimum absolute atomic E-state index is 0.0508. The lowest BCUT2D eigenvalue weighted by Gasteiger charge is -2.04. The van der Waals surface area contributed by atoms with E-state index in [1.54, 1.807) is 17.5 Å². The smallest absolute Gasteiger partial charge is 0.201 e. The maximum Gasteiger partial charge on any atom is 0.201 e. The van der Waals surface area contributed by atoms with Crippen LogP contribution in [0.5, 0.6) is 0 Å². The van der Waals surface area contributed by atoms with Crippen LogP contribution in [0, 0.1) is 11.6 Å². The first kappa shape index (κ1) is 12.7. The van der Waals surface area contributed by atoms with Crippen LogP contribution in [-0.4, -0.2) is 15.3 Å². The van der Waals surface area contributed by atoms with E-state index in [0.717, 1.165) is 12.1 Å². The average molecular weight is 293 g/mol. The molecular formula is C13H9F2N3OS. The van der Waals surface area contributed by atoms with Crippen LogP contribution < -0.4 is 5.73 Å². The molecule has 0 saturated carbocycles. The molecule has 20 heavy (non-hydrogen) atoms. The van der Waals surface area contributed by atoms with Crippen molar-refractivity contribution in [2.45, 2.75) is 6.54 Å². The number of imidazole rings is 1. The lowest BCUT2D eigenvalue weighted by molar-refractivity contribution is 0.0978. The van der Waals surface area contributed by atoms with Gasteiger partial charge in [-0.25, -0.2) is 13.8 Å². The van der Waals surface area contributed by atoms with Gasteiger partial charge in [-0.3, -0.25) is 4.79 Å². The van der Waals surface area contributed by atoms with E-state index in [1.807, 2.05) is 0 Å². The van der Waals surface area contributed by atoms with Gasteiger partial charge in [0.25, 0.3) is 0 Å². The third kappa shape index (κ3) is 2.05. The summed E-state index contributed by atoms with van der Waals surface area (Å²) < 4.78 is 27.8. The Hall–Kier alpha value is -2.28. The Morgan fingerprint density at radius 3 is 2.80 bits per heavy atom. The van der Waals surface area contributed by atoms with Gasteiger partial charge in [-0.05, 0) is 11.4 Å². The summed E-state index contributed by atoms with van der Waals surface area (Å²) in [4.78, 5) is 16.6. The third-order valence-electron chi connectivity index (χ3n) is 2.92. The van der Waals surface area contributed by atoms with Crippen LogP contribution >= 0.6 is 11.3 Å². The van der Waals surface area contributed by atoms with E-state index in [1.165, 1.54) is 15.9 Å². The van der Waals surface area contributed by atoms with Crippen molar-refractivity contribution < 1.29 is 13.6 Å². The van der Waals surface area contributed by atoms with Crippen LogP contribution in [0.4, 0.5) is 14.7 Å². The van der Waals surface area contributed by atoms with E-state index in [2.05, 4.69) is 4.98 Å². The summed E-state index contributed by atoms with van der Waals surface area (Å²) in [6, 6.07) is 5.42. The highest BCUT2D eigenvalue weighted by Gasteiger charge is 2.16. The number of nitrogen functional groups attached to an aromatic ring is 1. The molecule has 0 radical (unpaired) electrons. The normalized spacial score (nSPS) is 11.1. The van der Waals surface area contributed by atoms with Gasteiger partial charge in [0.2, 0.25) is 5.95 Å². The molecule has 1 aromatic carbocycles. The molecule has 2 N–H and O–H groups in total. The Labute approximate surface area is 116 Å². The van der Waals surface area contributed by atoms with Gasteiger partial charge in [0.1, 0.15) is 0 Å². The summed E-state index contributed by atoms with van der Waals surface area (Å²) in [5.74, 6) is -2.10. The number of fused-ring (bicyclic) bond motifs is 1. The third-order valence-corrected chi connectivity index (χ3v) is 3.83. The molecule has 0 aliphatic carbocycles. The zero-order valence-corrected chi connectivity index (χ0v) is 11.0. The Bertz CT molecular complexity index is 796. The number of thiophene rings is 1. The standard InChI is InChI=1S/C13H9F2N3OS/c14-7-4-9-10(5-8(7)15)18(13(16)17-9)6-11(19)12-2-1-3-20-12/h1-5H,6H2,(H2,16,17). The Morgan fingerprint density at radius 1 is 1.35 bits per heavy atom. The molecule has 0 aliphatic rings. The second kappa shape index (κ2) is 4.68. The highest BCUT2D eigenvalue weighted by molar-refractivity contribution is 7.12. The van der Waals surface area contributed by atoms with Crippen LogP contribution in [0.25, 0.3) is 11.0 Å². The average Bonchev–Trinajstić information content (AvgIpc) is 3.01. The second-order valence-corrected chi connectivity index (χ2v) is 5.16. The fourth-order valence-electron chi connectivity index (χ4n) is 1.96. The number of halogens is 2. The minimum atomic E-state index is -0.998. The monoisotopic (exact) mass is 293 g/mol. The molecule has 0 saturated heterocycles. The summed E-state index contributed by atoms with van der Waals surface area (Å²) in [5, 5.41) is 1.79. The zero-order chi connectivity index (χ0) is 14.3. The number of hydrogen-bond acceptors (Lipinski definition) is 4. The van der Waals surface area contributed by atoms with Gasteiger partial charge >= 0.3 is 0 Å². The van der Waals surface area contributed by atoms with Crippen LogP contribution in [0.3, 0.4) is 0 Å². The van der Waals surface area contributed by atoms with Gasteiger partial charge in [0.05, 0.1) is 22.5 Å². The molecular weight excluding hydrogens is 284 g/mol. The number of rotatable bonds is 3. The quantitative estimate of drug-likeness (QED) is 0.755. The highest BCUT2D eigenvalue weighted by Crippen LogP contribution is 2.22. The molecule has 3 aromatic rings. The van der Waals surface area contributed by atoms with Gasteiger partial charge in [-0.1, -0.05) is 6.07 Å². The predicted molar refractivity (Wildman–Crippen MR) is 72.7 cm³/mol. The first-order valence-corrected chi connectivity index (χ1v) is 6.61. The summed E-state index contributed by atoms with van der Waals surface area (Å²) in [6.07, 6.45) is 0. The first-order valence-electron chi connectivity index (χ1n) is 5.73. The summed E-state index contributed by atoms with van der Waals surface area (Å²) >= 11 is 1.31. The van der Waals surface area contributed by atoms with Crippen LogP contribution in [-0.2, 0) is 6.54 Å². The van der Waals surface area contributed by atoms with Gasteiger partial charge in [-0.2, -0.15) is 0 Å². The molecule has 0 atom stereocenters. The molecule has 0 aliphatic heterocycles. The molecule has 4 nitrogen and oxygen atoms in total. The van der Waals surface area contributed by atoms with Crippen molar-refractivity contribution in [1.82, 2.24) is 9.55 Å². The molecule has 102 valence electrons. The number of carbonyl (C=O) groups is 1. The fourth-order valence-corrected chi connectivity index (χ4v) is 2.62. The van der Waals surface area contributed by atoms with Crippen molar-refractivity contribution in [1.29, 1.82) is 0 Å². The Balaban J connectivity index is 2.05. The molecule has 0 unspecified atom stereocenters. The van der Waals surface area contributed by atoms with E-state index < -0.39 is 11.6 Å². The van der Waals surface area contributed by atoms with Crippen LogP contribution in [0.15, 0.2) is 29.6 Å². The molecule has 0 amide bonds. The lowest BCUT2D eigenvalue weighted by Crippen LogP contribution is -2.11. The van der Waals surface area contributed by atoms with Crippen LogP contribution in [0.1, 0.15) is 9.67 Å². The van der Waals surface area contributed by atoms with Crippen molar-refractivity contribution in [3.05, 3.63) is 46.2 Å². The maximum atomic E-state index is 13.3. The number of benzene rings is 1. The number of aromatic nitrogens is 2. The minimum Gasteiger partial charge on any atom is -0.369 e. The maximum absolute atomic E-state index is 13.3. The molecule has 2 aromatic heterocycles. The summed E-state index contributed by atoms with van der Waals surface area (Å²) in [7, 11) is 0. The number of nitrogens with zero attached hydrogens (tertiary/aromatic N) is 2. The van der Waals surface area contributed by atoms with Crippen molar-refractivity contribution in [2.75, 3.05) is 5.73 Å². The second-order valence-electron chi connectivity index (χ2n) is 4.21. The molecule has 7 heteroatoms. The number of ketones is 1. The molecule has 0 spiro atoms. The number of carbonyl (C=O) groups excluding carboxylic acids is 1. The van der Waals surface area contributed by atoms with Crippen molar-refractivity contribution in [2.24, 2.45) is 0 Å². The molecule has 0 bridgehead atoms. The number of anilines is 1. The highest BCUT2D eigenvalue weighted by atomic mass is 32.1. The van der Waals surface area contributed by atoms with Crippen LogP contribution in [0.2, 0.25) is 0 Å². The summed E-state index contributed by atoms with van der Waals surface area (Å²) in [6.45, 7) is -0.0616. The van der Waals surface area contributed by atoms with E-state index in [9.17, 15) is 13.6 Å². The van der Waals surface area contributed by atoms with E-state index >= 15 is 0 Å². The topological polar surface area (TPSA) is 60.9 Å². The van der Waals surface area contributed by atoms with E-state index in [0.29, 0.717) is 10.4 Å². The Morgan fingerprint density at radius 2 is 2.10 bits per heavy atom. The van der Waals surface area contributed by atoms with Gasteiger partial charge in [0.15, 0.2) is 17.4 Å². The Kier molecular flexibility index (Phi) is 2.98. The zero-order valence-electron chi connectivity index (χ0n) is 10.1. The van der Waals surface area contributed by atoms with Crippen molar-refractivity contribution >= 4 is 34.1 Å². The van der Waals surface area contributed by atoms with E-state index in [-0.39, 0.29) is 23.8 Å². The van der Waals surface area contributed by atoms with Gasteiger partial charge in [-0.15, -0.1) is 11.3 Å². The first-order chi connectivity index (χ1) is 9.56.